The number of ether oxygens (including phenoxy) is 2. The molecule has 2 unspecified atom stereocenters. The van der Waals surface area contributed by atoms with Gasteiger partial charge in [-0.15, -0.1) is 11.3 Å². The lowest BCUT2D eigenvalue weighted by molar-refractivity contribution is -0.146. The van der Waals surface area contributed by atoms with Crippen molar-refractivity contribution < 1.29 is 23.5 Å². The van der Waals surface area contributed by atoms with Gasteiger partial charge < -0.3 is 19.3 Å². The van der Waals surface area contributed by atoms with Crippen molar-refractivity contribution in [2.24, 2.45) is 5.92 Å². The highest BCUT2D eigenvalue weighted by Crippen LogP contribution is 2.34. The van der Waals surface area contributed by atoms with Crippen LogP contribution in [0.25, 0.3) is 0 Å². The van der Waals surface area contributed by atoms with Gasteiger partial charge in [-0.25, -0.2) is 4.39 Å². The second-order valence-corrected chi connectivity index (χ2v) is 10.8. The highest BCUT2D eigenvalue weighted by molar-refractivity contribution is 7.10. The van der Waals surface area contributed by atoms with Gasteiger partial charge >= 0.3 is 0 Å². The minimum absolute atomic E-state index is 0.00472. The molecule has 0 spiro atoms. The second-order valence-electron chi connectivity index (χ2n) is 9.76. The van der Waals surface area contributed by atoms with Crippen LogP contribution < -0.4 is 4.74 Å². The molecule has 1 saturated carbocycles. The highest BCUT2D eigenvalue weighted by Gasteiger charge is 2.36. The highest BCUT2D eigenvalue weighted by atomic mass is 32.1. The van der Waals surface area contributed by atoms with Crippen LogP contribution in [0, 0.1) is 11.7 Å². The van der Waals surface area contributed by atoms with Crippen molar-refractivity contribution in [2.45, 2.75) is 57.1 Å². The molecule has 1 saturated heterocycles. The predicted molar refractivity (Wildman–Crippen MR) is 132 cm³/mol. The third kappa shape index (κ3) is 5.70. The maximum Gasteiger partial charge on any atom is 0.242 e. The lowest BCUT2D eigenvalue weighted by Crippen LogP contribution is -2.50. The molecular weight excluding hydrogens is 467 g/mol. The summed E-state index contributed by atoms with van der Waals surface area (Å²) in [5.41, 5.74) is 1.08. The Balaban J connectivity index is 1.32. The van der Waals surface area contributed by atoms with Gasteiger partial charge in [-0.3, -0.25) is 9.59 Å². The zero-order valence-electron chi connectivity index (χ0n) is 20.0. The van der Waals surface area contributed by atoms with Gasteiger partial charge in [0.1, 0.15) is 18.2 Å². The molecular formula is C27H33FN2O4S. The Morgan fingerprint density at radius 3 is 2.80 bits per heavy atom. The van der Waals surface area contributed by atoms with E-state index in [0.717, 1.165) is 57.1 Å². The van der Waals surface area contributed by atoms with Gasteiger partial charge in [0, 0.05) is 36.6 Å². The molecule has 35 heavy (non-hydrogen) atoms. The number of carbonyl (C=O) groups is 2. The monoisotopic (exact) mass is 500 g/mol. The van der Waals surface area contributed by atoms with Gasteiger partial charge in [0.05, 0.1) is 18.7 Å². The fraction of sp³-hybridized carbons (Fsp3) is 0.556. The lowest BCUT2D eigenvalue weighted by Gasteiger charge is -2.37. The lowest BCUT2D eigenvalue weighted by atomic mass is 10.00. The third-order valence-corrected chi connectivity index (χ3v) is 8.41. The Morgan fingerprint density at radius 1 is 1.17 bits per heavy atom. The molecule has 0 bridgehead atoms. The SMILES string of the molecule is O=C(C1CCCC1)N(CC(=O)N1CCc2sccc2C1COc1cccc(F)c1)CC1CCCO1. The van der Waals surface area contributed by atoms with E-state index >= 15 is 0 Å². The molecule has 3 heterocycles. The quantitative estimate of drug-likeness (QED) is 0.532. The van der Waals surface area contributed by atoms with Crippen molar-refractivity contribution >= 4 is 23.2 Å². The molecule has 6 nitrogen and oxygen atoms in total. The van der Waals surface area contributed by atoms with Gasteiger partial charge in [0.15, 0.2) is 0 Å². The molecule has 1 aromatic carbocycles. The first-order valence-electron chi connectivity index (χ1n) is 12.7. The second kappa shape index (κ2) is 11.1. The third-order valence-electron chi connectivity index (χ3n) is 7.41. The molecule has 1 aliphatic carbocycles. The van der Waals surface area contributed by atoms with E-state index in [1.165, 1.54) is 17.0 Å². The van der Waals surface area contributed by atoms with Gasteiger partial charge in [-0.2, -0.15) is 0 Å². The van der Waals surface area contributed by atoms with Crippen LogP contribution in [-0.2, 0) is 20.7 Å². The summed E-state index contributed by atoms with van der Waals surface area (Å²) in [5, 5.41) is 2.04. The van der Waals surface area contributed by atoms with Gasteiger partial charge in [-0.05, 0) is 61.2 Å². The fourth-order valence-electron chi connectivity index (χ4n) is 5.56. The number of fused-ring (bicyclic) bond motifs is 1. The van der Waals surface area contributed by atoms with Crippen LogP contribution in [0.5, 0.6) is 5.75 Å². The summed E-state index contributed by atoms with van der Waals surface area (Å²) in [6, 6.07) is 7.84. The van der Waals surface area contributed by atoms with Crippen molar-refractivity contribution in [3.05, 3.63) is 52.0 Å². The van der Waals surface area contributed by atoms with Crippen LogP contribution in [-0.4, -0.2) is 60.6 Å². The predicted octanol–water partition coefficient (Wildman–Crippen LogP) is 4.59. The number of hydrogen-bond donors (Lipinski definition) is 0. The average molecular weight is 501 g/mol. The zero-order valence-corrected chi connectivity index (χ0v) is 20.8. The van der Waals surface area contributed by atoms with Crippen LogP contribution in [0.4, 0.5) is 4.39 Å². The molecule has 0 radical (unpaired) electrons. The van der Waals surface area contributed by atoms with Gasteiger partial charge in [0.2, 0.25) is 11.8 Å². The molecule has 2 aromatic rings. The Labute approximate surface area is 210 Å². The van der Waals surface area contributed by atoms with Crippen molar-refractivity contribution in [3.8, 4) is 5.75 Å². The average Bonchev–Trinajstić information content (AvgIpc) is 3.64. The largest absolute Gasteiger partial charge is 0.491 e. The van der Waals surface area contributed by atoms with Crippen molar-refractivity contribution in [3.63, 3.8) is 0 Å². The summed E-state index contributed by atoms with van der Waals surface area (Å²) in [4.78, 5) is 31.9. The molecule has 188 valence electrons. The number of amides is 2. The van der Waals surface area contributed by atoms with Crippen LogP contribution in [0.3, 0.4) is 0 Å². The van der Waals surface area contributed by atoms with Crippen LogP contribution in [0.15, 0.2) is 35.7 Å². The first-order chi connectivity index (χ1) is 17.1. The van der Waals surface area contributed by atoms with Gasteiger partial charge in [-0.1, -0.05) is 18.9 Å². The van der Waals surface area contributed by atoms with E-state index in [4.69, 9.17) is 9.47 Å². The van der Waals surface area contributed by atoms with E-state index in [1.807, 2.05) is 16.3 Å². The fourth-order valence-corrected chi connectivity index (χ4v) is 6.49. The number of thiophene rings is 1. The molecule has 8 heteroatoms. The Kier molecular flexibility index (Phi) is 7.68. The number of hydrogen-bond acceptors (Lipinski definition) is 5. The minimum Gasteiger partial charge on any atom is -0.491 e. The van der Waals surface area contributed by atoms with Crippen molar-refractivity contribution in [1.82, 2.24) is 9.80 Å². The smallest absolute Gasteiger partial charge is 0.242 e. The standard InChI is InChI=1S/C27H33FN2O4S/c28-20-7-3-8-21(15-20)34-18-24-23-11-14-35-25(23)10-12-30(24)26(31)17-29(16-22-9-4-13-33-22)27(32)19-5-1-2-6-19/h3,7-8,11,14-15,19,22,24H,1-2,4-6,9-10,12-13,16-18H2. The number of nitrogens with zero attached hydrogens (tertiary/aromatic N) is 2. The topological polar surface area (TPSA) is 59.1 Å². The molecule has 1 aromatic heterocycles. The van der Waals surface area contributed by atoms with E-state index in [1.54, 1.807) is 28.4 Å². The molecule has 0 N–H and O–H groups in total. The molecule has 2 amide bonds. The first-order valence-corrected chi connectivity index (χ1v) is 13.6. The number of halogens is 1. The molecule has 3 aliphatic rings. The summed E-state index contributed by atoms with van der Waals surface area (Å²) in [6.45, 7) is 2.07. The maximum atomic E-state index is 13.7. The van der Waals surface area contributed by atoms with E-state index < -0.39 is 0 Å². The van der Waals surface area contributed by atoms with Crippen LogP contribution in [0.1, 0.15) is 55.0 Å². The summed E-state index contributed by atoms with van der Waals surface area (Å²) < 4.78 is 25.4. The van der Waals surface area contributed by atoms with E-state index in [0.29, 0.717) is 18.8 Å². The number of benzene rings is 1. The minimum atomic E-state index is -0.356. The molecule has 2 atom stereocenters. The molecule has 5 rings (SSSR count). The summed E-state index contributed by atoms with van der Waals surface area (Å²) in [6.07, 6.45) is 6.67. The number of rotatable bonds is 8. The van der Waals surface area contributed by atoms with Crippen LogP contribution >= 0.6 is 11.3 Å². The van der Waals surface area contributed by atoms with E-state index in [9.17, 15) is 14.0 Å². The first kappa shape index (κ1) is 24.3. The Morgan fingerprint density at radius 2 is 2.03 bits per heavy atom. The number of carbonyl (C=O) groups excluding carboxylic acids is 2. The zero-order chi connectivity index (χ0) is 24.2. The van der Waals surface area contributed by atoms with E-state index in [-0.39, 0.29) is 48.8 Å². The maximum absolute atomic E-state index is 13.7. The van der Waals surface area contributed by atoms with Crippen molar-refractivity contribution in [1.29, 1.82) is 0 Å². The van der Waals surface area contributed by atoms with E-state index in [2.05, 4.69) is 0 Å². The summed E-state index contributed by atoms with van der Waals surface area (Å²) >= 11 is 1.69. The molecule has 2 fully saturated rings. The summed E-state index contributed by atoms with van der Waals surface area (Å²) in [5.74, 6) is 0.119. The van der Waals surface area contributed by atoms with Crippen LogP contribution in [0.2, 0.25) is 0 Å². The Hall–Kier alpha value is -2.45. The van der Waals surface area contributed by atoms with Gasteiger partial charge in [0.25, 0.3) is 0 Å². The summed E-state index contributed by atoms with van der Waals surface area (Å²) in [7, 11) is 0. The Bertz CT molecular complexity index is 1030. The van der Waals surface area contributed by atoms with Crippen molar-refractivity contribution in [2.75, 3.05) is 32.8 Å². The molecule has 2 aliphatic heterocycles. The normalized spacial score (nSPS) is 22.3.